The first-order chi connectivity index (χ1) is 39.0. The van der Waals surface area contributed by atoms with Crippen LogP contribution in [-0.4, -0.2) is 74.9 Å². The lowest BCUT2D eigenvalue weighted by Crippen LogP contribution is -2.37. The van der Waals surface area contributed by atoms with Crippen LogP contribution in [0.5, 0.6) is 0 Å². The minimum atomic E-state index is -4.41. The van der Waals surface area contributed by atoms with Crippen molar-refractivity contribution < 1.29 is 42.1 Å². The molecule has 10 heteroatoms. The number of phosphoric ester groups is 1. The number of rotatable bonds is 57. The smallest absolute Gasteiger partial charge is 0.462 e. The summed E-state index contributed by atoms with van der Waals surface area (Å²) in [7, 11) is 1.44. The topological polar surface area (TPSA) is 108 Å². The molecule has 80 heavy (non-hydrogen) atoms. The number of unbranched alkanes of at least 4 members (excludes halogenated alkanes) is 21. The molecule has 2 atom stereocenters. The monoisotopic (exact) mass is 1130 g/mol. The third kappa shape index (κ3) is 63.3. The summed E-state index contributed by atoms with van der Waals surface area (Å²) in [4.78, 5) is 35.8. The third-order valence-corrected chi connectivity index (χ3v) is 14.1. The standard InChI is InChI=1S/C70H118NO8P/c1-6-8-10-12-14-16-18-20-22-24-26-28-29-30-31-32-33-34-35-36-37-38-39-40-41-43-45-47-49-51-53-55-57-59-61-63-70(73)79-68(67-78-80(74,75)77-65-64-71(3,4)5)66-76-69(72)62-60-58-56-54-52-50-48-46-44-42-27-25-23-21-19-17-15-13-11-9-7-2/h8,10,14,16,20,22,25-28,30-31,33-34,36-37,39-40,43,45,49,51,68H,6-7,9,11-13,15,17-19,21,23-24,29,32,35,38,41-42,44,46-48,50,52-67H2,1-5H3/p+1/b10-8-,16-14-,22-20-,27-25-,28-26-,31-30-,34-33-,37-36-,40-39-,45-43-,51-49-. The number of quaternary nitrogens is 1. The fourth-order valence-corrected chi connectivity index (χ4v) is 9.01. The van der Waals surface area contributed by atoms with Gasteiger partial charge in [0.2, 0.25) is 0 Å². The van der Waals surface area contributed by atoms with Gasteiger partial charge in [-0.3, -0.25) is 18.6 Å². The Hall–Kier alpha value is -3.85. The van der Waals surface area contributed by atoms with E-state index in [0.717, 1.165) is 109 Å². The molecule has 0 rings (SSSR count). The maximum Gasteiger partial charge on any atom is 0.472 e. The van der Waals surface area contributed by atoms with E-state index in [2.05, 4.69) is 148 Å². The van der Waals surface area contributed by atoms with Crippen molar-refractivity contribution in [3.8, 4) is 0 Å². The highest BCUT2D eigenvalue weighted by molar-refractivity contribution is 7.47. The van der Waals surface area contributed by atoms with Crippen molar-refractivity contribution >= 4 is 19.8 Å². The molecular weight excluding hydrogens is 1010 g/mol. The van der Waals surface area contributed by atoms with Gasteiger partial charge in [-0.05, 0) is 116 Å². The van der Waals surface area contributed by atoms with Crippen LogP contribution < -0.4 is 0 Å². The average molecular weight is 1130 g/mol. The zero-order valence-electron chi connectivity index (χ0n) is 51.8. The van der Waals surface area contributed by atoms with Gasteiger partial charge in [-0.1, -0.05) is 250 Å². The van der Waals surface area contributed by atoms with Crippen LogP contribution in [0.15, 0.2) is 134 Å². The number of ether oxygens (including phenoxy) is 2. The summed E-state index contributed by atoms with van der Waals surface area (Å²) in [6.07, 6.45) is 86.7. The minimum Gasteiger partial charge on any atom is -0.462 e. The molecule has 0 saturated heterocycles. The Morgan fingerprint density at radius 2 is 0.713 bits per heavy atom. The lowest BCUT2D eigenvalue weighted by atomic mass is 10.1. The molecule has 0 amide bonds. The number of allylic oxidation sites excluding steroid dienone is 22. The Balaban J connectivity index is 4.23. The summed E-state index contributed by atoms with van der Waals surface area (Å²) in [6, 6.07) is 0. The predicted molar refractivity (Wildman–Crippen MR) is 344 cm³/mol. The van der Waals surface area contributed by atoms with E-state index in [1.165, 1.54) is 103 Å². The van der Waals surface area contributed by atoms with Gasteiger partial charge in [-0.25, -0.2) is 4.57 Å². The van der Waals surface area contributed by atoms with Crippen molar-refractivity contribution in [2.45, 2.75) is 251 Å². The fraction of sp³-hybridized carbons (Fsp3) is 0.657. The lowest BCUT2D eigenvalue weighted by Gasteiger charge is -2.24. The predicted octanol–water partition coefficient (Wildman–Crippen LogP) is 20.5. The van der Waals surface area contributed by atoms with Crippen molar-refractivity contribution in [3.63, 3.8) is 0 Å². The summed E-state index contributed by atoms with van der Waals surface area (Å²) < 4.78 is 34.6. The number of likely N-dealkylation sites (N-methyl/N-ethyl adjacent to an activating group) is 1. The number of carbonyl (C=O) groups excluding carboxylic acids is 2. The van der Waals surface area contributed by atoms with Crippen LogP contribution in [-0.2, 0) is 32.7 Å². The maximum absolute atomic E-state index is 12.8. The van der Waals surface area contributed by atoms with E-state index in [-0.39, 0.29) is 32.0 Å². The Kier molecular flexibility index (Phi) is 56.9. The zero-order chi connectivity index (χ0) is 58.4. The van der Waals surface area contributed by atoms with E-state index >= 15 is 0 Å². The largest absolute Gasteiger partial charge is 0.472 e. The number of phosphoric acid groups is 1. The summed E-state index contributed by atoms with van der Waals surface area (Å²) in [5, 5.41) is 0. The highest BCUT2D eigenvalue weighted by Crippen LogP contribution is 2.43. The summed E-state index contributed by atoms with van der Waals surface area (Å²) in [5.41, 5.74) is 0. The molecule has 0 aliphatic carbocycles. The van der Waals surface area contributed by atoms with Gasteiger partial charge >= 0.3 is 19.8 Å². The maximum atomic E-state index is 12.8. The molecule has 0 bridgehead atoms. The molecule has 0 fully saturated rings. The number of hydrogen-bond acceptors (Lipinski definition) is 7. The van der Waals surface area contributed by atoms with Gasteiger partial charge in [0, 0.05) is 12.8 Å². The molecule has 2 unspecified atom stereocenters. The highest BCUT2D eigenvalue weighted by atomic mass is 31.2. The fourth-order valence-electron chi connectivity index (χ4n) is 8.27. The zero-order valence-corrected chi connectivity index (χ0v) is 52.7. The number of nitrogens with zero attached hydrogens (tertiary/aromatic N) is 1. The molecule has 0 heterocycles. The van der Waals surface area contributed by atoms with Crippen LogP contribution >= 0.6 is 7.82 Å². The van der Waals surface area contributed by atoms with E-state index in [0.29, 0.717) is 17.4 Å². The van der Waals surface area contributed by atoms with Gasteiger partial charge < -0.3 is 18.9 Å². The third-order valence-electron chi connectivity index (χ3n) is 13.2. The van der Waals surface area contributed by atoms with Gasteiger partial charge in [-0.2, -0.15) is 0 Å². The minimum absolute atomic E-state index is 0.0193. The van der Waals surface area contributed by atoms with Crippen LogP contribution in [0.1, 0.15) is 245 Å². The molecule has 0 aromatic heterocycles. The number of carbonyl (C=O) groups is 2. The summed E-state index contributed by atoms with van der Waals surface area (Å²) >= 11 is 0. The van der Waals surface area contributed by atoms with Crippen LogP contribution in [0.3, 0.4) is 0 Å². The molecule has 1 N–H and O–H groups in total. The molecule has 0 aliphatic rings. The van der Waals surface area contributed by atoms with Crippen LogP contribution in [0.2, 0.25) is 0 Å². The molecule has 0 aliphatic heterocycles. The summed E-state index contributed by atoms with van der Waals surface area (Å²) in [6.45, 7) is 4.28. The first kappa shape index (κ1) is 76.1. The average Bonchev–Trinajstić information content (AvgIpc) is 3.42. The van der Waals surface area contributed by atoms with Gasteiger partial charge in [0.1, 0.15) is 19.8 Å². The van der Waals surface area contributed by atoms with Crippen molar-refractivity contribution in [1.82, 2.24) is 0 Å². The van der Waals surface area contributed by atoms with E-state index < -0.39 is 26.5 Å². The summed E-state index contributed by atoms with van der Waals surface area (Å²) in [5.74, 6) is -0.834. The molecule has 0 aromatic carbocycles. The van der Waals surface area contributed by atoms with Crippen LogP contribution in [0.4, 0.5) is 0 Å². The van der Waals surface area contributed by atoms with Crippen LogP contribution in [0.25, 0.3) is 0 Å². The second-order valence-corrected chi connectivity index (χ2v) is 23.5. The van der Waals surface area contributed by atoms with Crippen molar-refractivity contribution in [2.75, 3.05) is 47.5 Å². The van der Waals surface area contributed by atoms with Gasteiger partial charge in [0.25, 0.3) is 0 Å². The Morgan fingerprint density at radius 1 is 0.400 bits per heavy atom. The normalized spacial score (nSPS) is 14.1. The lowest BCUT2D eigenvalue weighted by molar-refractivity contribution is -0.870. The van der Waals surface area contributed by atoms with Gasteiger partial charge in [-0.15, -0.1) is 0 Å². The number of hydrogen-bond donors (Lipinski definition) is 1. The molecular formula is C70H119NO8P+. The van der Waals surface area contributed by atoms with Crippen molar-refractivity contribution in [1.29, 1.82) is 0 Å². The quantitative estimate of drug-likeness (QED) is 0.0211. The first-order valence-electron chi connectivity index (χ1n) is 31.9. The second kappa shape index (κ2) is 59.8. The molecule has 0 aromatic rings. The second-order valence-electron chi connectivity index (χ2n) is 22.1. The van der Waals surface area contributed by atoms with E-state index in [4.69, 9.17) is 18.5 Å². The number of esters is 2. The Bertz CT molecular complexity index is 1810. The first-order valence-corrected chi connectivity index (χ1v) is 33.4. The Labute approximate surface area is 491 Å². The molecule has 0 saturated carbocycles. The highest BCUT2D eigenvalue weighted by Gasteiger charge is 2.27. The SMILES string of the molecule is CC/C=C\C/C=C\C/C=C\C/C=C\C/C=C\C/C=C\C/C=C\C/C=C\C/C=C\C/C=C\CCCCCCC(=O)OC(COC(=O)CCCCCCCCCCC/C=C\CCCCCCCCCC)COP(=O)(O)OCC[N+](C)(C)C. The molecule has 0 radical (unpaired) electrons. The van der Waals surface area contributed by atoms with Gasteiger partial charge in [0.15, 0.2) is 6.10 Å². The van der Waals surface area contributed by atoms with E-state index in [1.54, 1.807) is 0 Å². The molecule has 0 spiro atoms. The van der Waals surface area contributed by atoms with Crippen molar-refractivity contribution in [2.24, 2.45) is 0 Å². The Morgan fingerprint density at radius 3 is 1.07 bits per heavy atom. The molecule has 456 valence electrons. The van der Waals surface area contributed by atoms with Crippen LogP contribution in [0, 0.1) is 0 Å². The molecule has 9 nitrogen and oxygen atoms in total. The van der Waals surface area contributed by atoms with E-state index in [1.807, 2.05) is 21.1 Å². The van der Waals surface area contributed by atoms with Crippen molar-refractivity contribution in [3.05, 3.63) is 134 Å². The van der Waals surface area contributed by atoms with Gasteiger partial charge in [0.05, 0.1) is 27.7 Å². The van der Waals surface area contributed by atoms with E-state index in [9.17, 15) is 19.0 Å².